The van der Waals surface area contributed by atoms with Crippen molar-refractivity contribution in [1.82, 2.24) is 29.9 Å². The molecule has 29 heavy (non-hydrogen) atoms. The second-order valence-corrected chi connectivity index (χ2v) is 8.37. The van der Waals surface area contributed by atoms with Gasteiger partial charge in [0.25, 0.3) is 5.91 Å². The van der Waals surface area contributed by atoms with Crippen LogP contribution in [0.2, 0.25) is 0 Å². The van der Waals surface area contributed by atoms with Gasteiger partial charge in [-0.25, -0.2) is 4.98 Å². The summed E-state index contributed by atoms with van der Waals surface area (Å²) in [6, 6.07) is 7.82. The summed E-state index contributed by atoms with van der Waals surface area (Å²) in [7, 11) is 1.85. The number of amides is 1. The topological polar surface area (TPSA) is 77.6 Å². The van der Waals surface area contributed by atoms with Crippen LogP contribution in [-0.2, 0) is 13.6 Å². The van der Waals surface area contributed by atoms with Gasteiger partial charge in [-0.15, -0.1) is 11.3 Å². The lowest BCUT2D eigenvalue weighted by Gasteiger charge is -2.16. The molecule has 1 N–H and O–H groups in total. The maximum absolute atomic E-state index is 13.2. The number of hydrogen-bond acceptors (Lipinski definition) is 5. The molecule has 0 bridgehead atoms. The van der Waals surface area contributed by atoms with Gasteiger partial charge in [0.1, 0.15) is 0 Å². The number of aromatic nitrogens is 5. The first-order valence-electron chi connectivity index (χ1n) is 9.53. The maximum atomic E-state index is 13.2. The van der Waals surface area contributed by atoms with E-state index in [-0.39, 0.29) is 11.9 Å². The van der Waals surface area contributed by atoms with Gasteiger partial charge in [-0.05, 0) is 51.3 Å². The van der Waals surface area contributed by atoms with Crippen LogP contribution in [0.1, 0.15) is 34.4 Å². The van der Waals surface area contributed by atoms with Gasteiger partial charge in [-0.1, -0.05) is 6.07 Å². The molecule has 4 heterocycles. The molecule has 4 aromatic heterocycles. The van der Waals surface area contributed by atoms with Crippen molar-refractivity contribution in [3.63, 3.8) is 0 Å². The molecule has 0 saturated heterocycles. The van der Waals surface area contributed by atoms with Crippen LogP contribution < -0.4 is 5.32 Å². The lowest BCUT2D eigenvalue weighted by atomic mass is 10.1. The van der Waals surface area contributed by atoms with Crippen LogP contribution in [0.15, 0.2) is 29.6 Å². The number of nitrogens with zero attached hydrogens (tertiary/aromatic N) is 5. The van der Waals surface area contributed by atoms with Crippen LogP contribution in [0, 0.1) is 20.8 Å². The van der Waals surface area contributed by atoms with Gasteiger partial charge < -0.3 is 5.32 Å². The smallest absolute Gasteiger partial charge is 0.252 e. The molecule has 0 fully saturated rings. The Labute approximate surface area is 173 Å². The summed E-state index contributed by atoms with van der Waals surface area (Å²) in [5.74, 6) is -0.125. The van der Waals surface area contributed by atoms with Crippen LogP contribution in [-0.4, -0.2) is 36.5 Å². The minimum Gasteiger partial charge on any atom is -0.348 e. The largest absolute Gasteiger partial charge is 0.348 e. The SMILES string of the molecule is Cc1cc(C)n(CC(C)NC(=O)c2cc(-c3cccs3)nc3c2c(C)nn3C)n1. The van der Waals surface area contributed by atoms with Gasteiger partial charge in [0, 0.05) is 18.8 Å². The molecule has 0 aliphatic rings. The molecule has 1 amide bonds. The highest BCUT2D eigenvalue weighted by Crippen LogP contribution is 2.29. The molecule has 1 unspecified atom stereocenters. The first kappa shape index (κ1) is 19.3. The normalized spacial score (nSPS) is 12.4. The van der Waals surface area contributed by atoms with Crippen LogP contribution in [0.5, 0.6) is 0 Å². The molecule has 0 aliphatic carbocycles. The molecule has 0 spiro atoms. The van der Waals surface area contributed by atoms with E-state index in [0.717, 1.165) is 33.0 Å². The third-order valence-electron chi connectivity index (χ3n) is 4.91. The quantitative estimate of drug-likeness (QED) is 0.547. The second-order valence-electron chi connectivity index (χ2n) is 7.42. The molecule has 7 nitrogen and oxygen atoms in total. The summed E-state index contributed by atoms with van der Waals surface area (Å²) < 4.78 is 3.66. The van der Waals surface area contributed by atoms with E-state index in [2.05, 4.69) is 15.5 Å². The molecule has 8 heteroatoms. The fourth-order valence-corrected chi connectivity index (χ4v) is 4.33. The van der Waals surface area contributed by atoms with E-state index in [9.17, 15) is 4.79 Å². The average Bonchev–Trinajstić information content (AvgIpc) is 3.36. The Balaban J connectivity index is 1.68. The molecule has 0 aromatic carbocycles. The molecule has 4 rings (SSSR count). The van der Waals surface area contributed by atoms with Gasteiger partial charge in [-0.3, -0.25) is 14.2 Å². The number of carbonyl (C=O) groups is 1. The Morgan fingerprint density at radius 2 is 2.03 bits per heavy atom. The minimum atomic E-state index is -0.125. The summed E-state index contributed by atoms with van der Waals surface area (Å²) in [5, 5.41) is 14.9. The van der Waals surface area contributed by atoms with Crippen molar-refractivity contribution in [2.45, 2.75) is 40.3 Å². The molecule has 0 radical (unpaired) electrons. The fourth-order valence-electron chi connectivity index (χ4n) is 3.64. The Hall–Kier alpha value is -3.00. The number of rotatable bonds is 5. The summed E-state index contributed by atoms with van der Waals surface area (Å²) in [6.07, 6.45) is 0. The number of pyridine rings is 1. The Kier molecular flexibility index (Phi) is 4.96. The number of nitrogens with one attached hydrogen (secondary N) is 1. The predicted octanol–water partition coefficient (Wildman–Crippen LogP) is 3.64. The van der Waals surface area contributed by atoms with E-state index >= 15 is 0 Å². The van der Waals surface area contributed by atoms with Crippen LogP contribution in [0.3, 0.4) is 0 Å². The van der Waals surface area contributed by atoms with E-state index in [0.29, 0.717) is 17.8 Å². The van der Waals surface area contributed by atoms with Crippen molar-refractivity contribution in [3.05, 3.63) is 52.3 Å². The van der Waals surface area contributed by atoms with Crippen LogP contribution in [0.4, 0.5) is 0 Å². The Bertz CT molecular complexity index is 1190. The third kappa shape index (κ3) is 3.67. The number of fused-ring (bicyclic) bond motifs is 1. The van der Waals surface area contributed by atoms with Gasteiger partial charge >= 0.3 is 0 Å². The van der Waals surface area contributed by atoms with E-state index < -0.39 is 0 Å². The summed E-state index contributed by atoms with van der Waals surface area (Å²) in [5.41, 5.74) is 4.95. The summed E-state index contributed by atoms with van der Waals surface area (Å²) in [6.45, 7) is 8.50. The van der Waals surface area contributed by atoms with Gasteiger partial charge in [-0.2, -0.15) is 10.2 Å². The number of aryl methyl sites for hydroxylation is 4. The molecular formula is C21H24N6OS. The highest BCUT2D eigenvalue weighted by Gasteiger charge is 2.21. The molecular weight excluding hydrogens is 384 g/mol. The van der Waals surface area contributed by atoms with Gasteiger partial charge in [0.2, 0.25) is 0 Å². The van der Waals surface area contributed by atoms with Crippen LogP contribution in [0.25, 0.3) is 21.6 Å². The minimum absolute atomic E-state index is 0.0779. The van der Waals surface area contributed by atoms with Crippen molar-refractivity contribution in [3.8, 4) is 10.6 Å². The molecule has 1 atom stereocenters. The maximum Gasteiger partial charge on any atom is 0.252 e. The second kappa shape index (κ2) is 7.44. The molecule has 0 aliphatic heterocycles. The molecule has 4 aromatic rings. The van der Waals surface area contributed by atoms with Crippen molar-refractivity contribution in [2.75, 3.05) is 0 Å². The zero-order chi connectivity index (χ0) is 20.7. The lowest BCUT2D eigenvalue weighted by Crippen LogP contribution is -2.36. The van der Waals surface area contributed by atoms with Crippen LogP contribution >= 0.6 is 11.3 Å². The number of carbonyl (C=O) groups excluding carboxylic acids is 1. The lowest BCUT2D eigenvalue weighted by molar-refractivity contribution is 0.0937. The highest BCUT2D eigenvalue weighted by molar-refractivity contribution is 7.13. The van der Waals surface area contributed by atoms with Crippen molar-refractivity contribution in [1.29, 1.82) is 0 Å². The van der Waals surface area contributed by atoms with Gasteiger partial charge in [0.15, 0.2) is 5.65 Å². The van der Waals surface area contributed by atoms with Crippen molar-refractivity contribution < 1.29 is 4.79 Å². The van der Waals surface area contributed by atoms with E-state index in [1.54, 1.807) is 16.0 Å². The summed E-state index contributed by atoms with van der Waals surface area (Å²) >= 11 is 1.60. The van der Waals surface area contributed by atoms with E-state index in [1.165, 1.54) is 0 Å². The third-order valence-corrected chi connectivity index (χ3v) is 5.81. The molecule has 150 valence electrons. The Morgan fingerprint density at radius 3 is 2.69 bits per heavy atom. The predicted molar refractivity (Wildman–Crippen MR) is 115 cm³/mol. The first-order chi connectivity index (χ1) is 13.8. The van der Waals surface area contributed by atoms with Crippen molar-refractivity contribution in [2.24, 2.45) is 7.05 Å². The standard InChI is InChI=1S/C21H24N6OS/c1-12-9-14(3)27(24-12)11-13(2)22-21(28)16-10-17(18-7-6-8-29-18)23-20-19(16)15(4)25-26(20)5/h6-10,13H,11H2,1-5H3,(H,22,28). The average molecular weight is 409 g/mol. The zero-order valence-electron chi connectivity index (χ0n) is 17.2. The van der Waals surface area contributed by atoms with E-state index in [1.807, 2.05) is 69.1 Å². The number of thiophene rings is 1. The highest BCUT2D eigenvalue weighted by atomic mass is 32.1. The first-order valence-corrected chi connectivity index (χ1v) is 10.4. The van der Waals surface area contributed by atoms with E-state index in [4.69, 9.17) is 4.98 Å². The number of hydrogen-bond donors (Lipinski definition) is 1. The monoisotopic (exact) mass is 408 g/mol. The molecule has 0 saturated carbocycles. The van der Waals surface area contributed by atoms with Gasteiger partial charge in [0.05, 0.1) is 39.5 Å². The zero-order valence-corrected chi connectivity index (χ0v) is 18.0. The van der Waals surface area contributed by atoms with Crippen molar-refractivity contribution >= 4 is 28.3 Å². The summed E-state index contributed by atoms with van der Waals surface area (Å²) in [4.78, 5) is 19.0. The fraction of sp³-hybridized carbons (Fsp3) is 0.333. The Morgan fingerprint density at radius 1 is 1.24 bits per heavy atom.